The molecule has 1 aromatic carbocycles. The highest BCUT2D eigenvalue weighted by atomic mass is 32.1. The summed E-state index contributed by atoms with van der Waals surface area (Å²) in [6.45, 7) is 5.99. The Hall–Kier alpha value is -2.13. The van der Waals surface area contributed by atoms with E-state index in [1.54, 1.807) is 23.5 Å². The lowest BCUT2D eigenvalue weighted by atomic mass is 10.1. The van der Waals surface area contributed by atoms with Gasteiger partial charge in [-0.05, 0) is 24.6 Å². The molecule has 138 valence electrons. The van der Waals surface area contributed by atoms with E-state index in [2.05, 4.69) is 19.9 Å². The third kappa shape index (κ3) is 3.54. The summed E-state index contributed by atoms with van der Waals surface area (Å²) in [5.41, 5.74) is 1.25. The van der Waals surface area contributed by atoms with Gasteiger partial charge < -0.3 is 4.90 Å². The maximum absolute atomic E-state index is 12.6. The lowest BCUT2D eigenvalue weighted by molar-refractivity contribution is -0.137. The van der Waals surface area contributed by atoms with Gasteiger partial charge in [-0.3, -0.25) is 4.90 Å². The lowest BCUT2D eigenvalue weighted by Gasteiger charge is -2.34. The van der Waals surface area contributed by atoms with Crippen molar-refractivity contribution in [3.8, 4) is 0 Å². The number of fused-ring (bicyclic) bond motifs is 1. The van der Waals surface area contributed by atoms with Crippen LogP contribution in [0.1, 0.15) is 16.8 Å². The number of benzene rings is 1. The van der Waals surface area contributed by atoms with Gasteiger partial charge in [-0.15, -0.1) is 5.10 Å². The molecule has 0 radical (unpaired) electrons. The molecule has 0 atom stereocenters. The van der Waals surface area contributed by atoms with E-state index >= 15 is 0 Å². The number of aryl methyl sites for hydroxylation is 1. The number of hydrogen-bond donors (Lipinski definition) is 0. The average Bonchev–Trinajstić information content (AvgIpc) is 3.12. The monoisotopic (exact) mass is 381 g/mol. The van der Waals surface area contributed by atoms with Crippen LogP contribution in [-0.2, 0) is 12.7 Å². The number of alkyl halides is 3. The third-order valence-corrected chi connectivity index (χ3v) is 5.47. The van der Waals surface area contributed by atoms with Crippen LogP contribution in [0, 0.1) is 6.92 Å². The minimum atomic E-state index is -4.28. The number of anilines is 1. The Bertz CT molecular complexity index is 860. The number of rotatable bonds is 3. The molecule has 1 saturated heterocycles. The zero-order valence-corrected chi connectivity index (χ0v) is 15.0. The van der Waals surface area contributed by atoms with Crippen LogP contribution in [0.2, 0.25) is 0 Å². The Balaban J connectivity index is 1.35. The zero-order valence-electron chi connectivity index (χ0n) is 14.2. The molecule has 9 heteroatoms. The molecule has 4 rings (SSSR count). The van der Waals surface area contributed by atoms with E-state index in [4.69, 9.17) is 0 Å². The van der Waals surface area contributed by atoms with Crippen molar-refractivity contribution in [3.63, 3.8) is 0 Å². The molecule has 3 heterocycles. The van der Waals surface area contributed by atoms with E-state index < -0.39 is 11.7 Å². The second-order valence-corrected chi connectivity index (χ2v) is 7.39. The summed E-state index contributed by atoms with van der Waals surface area (Å²) in [5.74, 6) is 0. The molecule has 3 aromatic rings. The van der Waals surface area contributed by atoms with Crippen molar-refractivity contribution in [3.05, 3.63) is 47.3 Å². The first-order valence-electron chi connectivity index (χ1n) is 8.35. The Morgan fingerprint density at radius 3 is 2.38 bits per heavy atom. The summed E-state index contributed by atoms with van der Waals surface area (Å²) >= 11 is 1.58. The first-order chi connectivity index (χ1) is 12.4. The molecule has 0 amide bonds. The molecule has 26 heavy (non-hydrogen) atoms. The van der Waals surface area contributed by atoms with Gasteiger partial charge >= 0.3 is 6.18 Å². The van der Waals surface area contributed by atoms with E-state index in [-0.39, 0.29) is 0 Å². The van der Waals surface area contributed by atoms with Gasteiger partial charge in [0, 0.05) is 32.7 Å². The largest absolute Gasteiger partial charge is 0.416 e. The first-order valence-corrected chi connectivity index (χ1v) is 9.16. The van der Waals surface area contributed by atoms with Crippen molar-refractivity contribution in [2.45, 2.75) is 19.6 Å². The fourth-order valence-corrected chi connectivity index (χ4v) is 4.06. The Morgan fingerprint density at radius 2 is 1.77 bits per heavy atom. The maximum atomic E-state index is 12.6. The third-order valence-electron chi connectivity index (χ3n) is 4.48. The van der Waals surface area contributed by atoms with Gasteiger partial charge in [0.1, 0.15) is 0 Å². The smallest absolute Gasteiger partial charge is 0.344 e. The van der Waals surface area contributed by atoms with Gasteiger partial charge in [0.15, 0.2) is 0 Å². The topological polar surface area (TPSA) is 36.7 Å². The summed E-state index contributed by atoms with van der Waals surface area (Å²) in [5, 5.41) is 5.53. The van der Waals surface area contributed by atoms with Crippen molar-refractivity contribution < 1.29 is 13.2 Å². The fourth-order valence-electron chi connectivity index (χ4n) is 3.08. The van der Waals surface area contributed by atoms with Gasteiger partial charge in [-0.1, -0.05) is 23.5 Å². The molecule has 1 aliphatic heterocycles. The van der Waals surface area contributed by atoms with Gasteiger partial charge in [-0.25, -0.2) is 9.50 Å². The highest BCUT2D eigenvalue weighted by molar-refractivity contribution is 7.20. The molecule has 0 N–H and O–H groups in total. The SMILES string of the molecule is Cc1cn2nc(N3CCN(Cc4ccc(C(F)(F)F)cc4)CC3)sc2n1. The van der Waals surface area contributed by atoms with E-state index in [0.29, 0.717) is 6.54 Å². The number of nitrogens with zero attached hydrogens (tertiary/aromatic N) is 5. The number of halogens is 3. The molecule has 0 spiro atoms. The van der Waals surface area contributed by atoms with Gasteiger partial charge in [0.05, 0.1) is 17.5 Å². The van der Waals surface area contributed by atoms with Crippen LogP contribution in [0.4, 0.5) is 18.3 Å². The molecule has 1 fully saturated rings. The molecule has 1 aliphatic rings. The van der Waals surface area contributed by atoms with E-state index in [1.165, 1.54) is 0 Å². The van der Waals surface area contributed by atoms with Gasteiger partial charge in [0.25, 0.3) is 0 Å². The molecule has 0 aliphatic carbocycles. The highest BCUT2D eigenvalue weighted by Crippen LogP contribution is 2.29. The van der Waals surface area contributed by atoms with Crippen molar-refractivity contribution in [1.82, 2.24) is 19.5 Å². The summed E-state index contributed by atoms with van der Waals surface area (Å²) in [4.78, 5) is 9.80. The molecule has 0 bridgehead atoms. The molecular weight excluding hydrogens is 363 g/mol. The average molecular weight is 381 g/mol. The van der Waals surface area contributed by atoms with Crippen LogP contribution >= 0.6 is 11.3 Å². The summed E-state index contributed by atoms with van der Waals surface area (Å²) in [6.07, 6.45) is -2.37. The molecule has 5 nitrogen and oxygen atoms in total. The van der Waals surface area contributed by atoms with Gasteiger partial charge in [0.2, 0.25) is 10.1 Å². The van der Waals surface area contributed by atoms with E-state index in [0.717, 1.165) is 59.7 Å². The number of piperazine rings is 1. The predicted octanol–water partition coefficient (Wildman–Crippen LogP) is 3.44. The van der Waals surface area contributed by atoms with Crippen LogP contribution in [0.5, 0.6) is 0 Å². The zero-order chi connectivity index (χ0) is 18.3. The molecule has 0 unspecified atom stereocenters. The second kappa shape index (κ2) is 6.55. The maximum Gasteiger partial charge on any atom is 0.416 e. The standard InChI is InChI=1S/C17H18F3N5S/c1-12-10-25-15(21-12)26-16(22-25)24-8-6-23(7-9-24)11-13-2-4-14(5-3-13)17(18,19)20/h2-5,10H,6-9,11H2,1H3. The van der Waals surface area contributed by atoms with Crippen LogP contribution in [0.25, 0.3) is 4.96 Å². The first kappa shape index (κ1) is 17.3. The van der Waals surface area contributed by atoms with Crippen LogP contribution in [-0.4, -0.2) is 45.7 Å². The summed E-state index contributed by atoms with van der Waals surface area (Å²) < 4.78 is 39.7. The van der Waals surface area contributed by atoms with Crippen LogP contribution in [0.3, 0.4) is 0 Å². The van der Waals surface area contributed by atoms with Crippen molar-refractivity contribution in [1.29, 1.82) is 0 Å². The quantitative estimate of drug-likeness (QED) is 0.697. The number of aromatic nitrogens is 3. The molecule has 0 saturated carbocycles. The normalized spacial score (nSPS) is 16.5. The second-order valence-electron chi connectivity index (χ2n) is 6.45. The van der Waals surface area contributed by atoms with Crippen LogP contribution in [0.15, 0.2) is 30.5 Å². The Morgan fingerprint density at radius 1 is 1.08 bits per heavy atom. The Labute approximate surface area is 152 Å². The number of hydrogen-bond acceptors (Lipinski definition) is 5. The lowest BCUT2D eigenvalue weighted by Crippen LogP contribution is -2.46. The summed E-state index contributed by atoms with van der Waals surface area (Å²) in [6, 6.07) is 5.43. The molecule has 2 aromatic heterocycles. The van der Waals surface area contributed by atoms with Crippen molar-refractivity contribution in [2.75, 3.05) is 31.1 Å². The fraction of sp³-hybridized carbons (Fsp3) is 0.412. The minimum Gasteiger partial charge on any atom is -0.344 e. The predicted molar refractivity (Wildman–Crippen MR) is 94.5 cm³/mol. The van der Waals surface area contributed by atoms with E-state index in [1.807, 2.05) is 17.6 Å². The summed E-state index contributed by atoms with van der Waals surface area (Å²) in [7, 11) is 0. The van der Waals surface area contributed by atoms with Gasteiger partial charge in [-0.2, -0.15) is 13.2 Å². The van der Waals surface area contributed by atoms with Crippen LogP contribution < -0.4 is 4.90 Å². The molecular formula is C17H18F3N5S. The van der Waals surface area contributed by atoms with E-state index in [9.17, 15) is 13.2 Å². The number of imidazole rings is 1. The Kier molecular flexibility index (Phi) is 4.36. The van der Waals surface area contributed by atoms with Crippen molar-refractivity contribution >= 4 is 21.4 Å². The highest BCUT2D eigenvalue weighted by Gasteiger charge is 2.30. The van der Waals surface area contributed by atoms with Crippen molar-refractivity contribution in [2.24, 2.45) is 0 Å². The minimum absolute atomic E-state index is 0.602.